The van der Waals surface area contributed by atoms with Gasteiger partial charge in [-0.25, -0.2) is 4.39 Å². The van der Waals surface area contributed by atoms with Crippen molar-refractivity contribution in [3.63, 3.8) is 0 Å². The van der Waals surface area contributed by atoms with E-state index < -0.39 is 11.7 Å². The van der Waals surface area contributed by atoms with E-state index >= 15 is 0 Å². The number of nitrogens with one attached hydrogen (secondary N) is 1. The molecule has 2 rings (SSSR count). The summed E-state index contributed by atoms with van der Waals surface area (Å²) in [6, 6.07) is 2.82. The van der Waals surface area contributed by atoms with Gasteiger partial charge in [-0.2, -0.15) is 0 Å². The van der Waals surface area contributed by atoms with Gasteiger partial charge in [-0.3, -0.25) is 15.1 Å². The molecule has 0 aliphatic rings. The van der Waals surface area contributed by atoms with Gasteiger partial charge in [0.15, 0.2) is 5.82 Å². The first-order chi connectivity index (χ1) is 7.66. The van der Waals surface area contributed by atoms with E-state index in [4.69, 9.17) is 4.52 Å². The third kappa shape index (κ3) is 2.05. The Morgan fingerprint density at radius 1 is 1.56 bits per heavy atom. The minimum Gasteiger partial charge on any atom is -0.338 e. The number of carbonyl (C=O) groups is 1. The normalized spacial score (nSPS) is 10.1. The van der Waals surface area contributed by atoms with Gasteiger partial charge in [0.1, 0.15) is 0 Å². The number of carbonyl (C=O) groups excluding carboxylic acids is 1. The second-order valence-electron chi connectivity index (χ2n) is 3.14. The number of hydrogen-bond donors (Lipinski definition) is 1. The Hall–Kier alpha value is -2.24. The first kappa shape index (κ1) is 10.3. The van der Waals surface area contributed by atoms with E-state index in [2.05, 4.69) is 15.5 Å². The van der Waals surface area contributed by atoms with E-state index in [1.807, 2.05) is 0 Å². The highest BCUT2D eigenvalue weighted by molar-refractivity contribution is 6.03. The first-order valence-electron chi connectivity index (χ1n) is 4.51. The number of halogens is 1. The monoisotopic (exact) mass is 221 g/mol. The minimum absolute atomic E-state index is 0.0935. The van der Waals surface area contributed by atoms with Crippen molar-refractivity contribution in [2.75, 3.05) is 5.32 Å². The number of hydrogen-bond acceptors (Lipinski definition) is 4. The number of aromatic nitrogens is 2. The van der Waals surface area contributed by atoms with E-state index in [9.17, 15) is 9.18 Å². The van der Waals surface area contributed by atoms with E-state index in [1.165, 1.54) is 18.3 Å². The maximum Gasteiger partial charge on any atom is 0.261 e. The SMILES string of the molecule is Cc1cc(NC(=O)c2ccncc2F)on1. The van der Waals surface area contributed by atoms with Gasteiger partial charge >= 0.3 is 0 Å². The zero-order valence-corrected chi connectivity index (χ0v) is 8.40. The molecular formula is C10H8FN3O2. The minimum atomic E-state index is -0.684. The summed E-state index contributed by atoms with van der Waals surface area (Å²) in [6.07, 6.45) is 2.31. The second kappa shape index (κ2) is 4.09. The van der Waals surface area contributed by atoms with Crippen molar-refractivity contribution in [2.24, 2.45) is 0 Å². The smallest absolute Gasteiger partial charge is 0.261 e. The van der Waals surface area contributed by atoms with Crippen LogP contribution in [0.15, 0.2) is 29.0 Å². The molecule has 0 saturated carbocycles. The Balaban J connectivity index is 2.18. The molecule has 6 heteroatoms. The molecule has 0 aromatic carbocycles. The van der Waals surface area contributed by atoms with Crippen molar-refractivity contribution in [1.82, 2.24) is 10.1 Å². The van der Waals surface area contributed by atoms with Crippen LogP contribution in [-0.4, -0.2) is 16.0 Å². The van der Waals surface area contributed by atoms with Gasteiger partial charge in [0.2, 0.25) is 5.88 Å². The quantitative estimate of drug-likeness (QED) is 0.839. The van der Waals surface area contributed by atoms with Crippen LogP contribution < -0.4 is 5.32 Å². The summed E-state index contributed by atoms with van der Waals surface area (Å²) in [4.78, 5) is 15.1. The van der Waals surface area contributed by atoms with Crippen LogP contribution in [0.5, 0.6) is 0 Å². The standard InChI is InChI=1S/C10H8FN3O2/c1-6-4-9(16-14-6)13-10(15)7-2-3-12-5-8(7)11/h2-5H,1H3,(H,13,15). The van der Waals surface area contributed by atoms with E-state index in [0.717, 1.165) is 6.20 Å². The average molecular weight is 221 g/mol. The van der Waals surface area contributed by atoms with Gasteiger partial charge in [-0.1, -0.05) is 5.16 Å². The molecule has 0 unspecified atom stereocenters. The van der Waals surface area contributed by atoms with Gasteiger partial charge < -0.3 is 4.52 Å². The molecule has 1 amide bonds. The molecule has 1 N–H and O–H groups in total. The average Bonchev–Trinajstić information content (AvgIpc) is 2.64. The van der Waals surface area contributed by atoms with Crippen molar-refractivity contribution in [1.29, 1.82) is 0 Å². The number of pyridine rings is 1. The number of rotatable bonds is 2. The summed E-state index contributed by atoms with van der Waals surface area (Å²) >= 11 is 0. The molecule has 5 nitrogen and oxygen atoms in total. The summed E-state index contributed by atoms with van der Waals surface area (Å²) < 4.78 is 18.0. The lowest BCUT2D eigenvalue weighted by molar-refractivity contribution is 0.102. The van der Waals surface area contributed by atoms with Gasteiger partial charge in [-0.15, -0.1) is 0 Å². The Bertz CT molecular complexity index is 524. The predicted octanol–water partition coefficient (Wildman–Crippen LogP) is 1.77. The van der Waals surface area contributed by atoms with Crippen LogP contribution >= 0.6 is 0 Å². The molecule has 82 valence electrons. The lowest BCUT2D eigenvalue weighted by Crippen LogP contribution is -2.13. The van der Waals surface area contributed by atoms with Gasteiger partial charge in [-0.05, 0) is 13.0 Å². The summed E-state index contributed by atoms with van der Waals surface area (Å²) in [5.74, 6) is -1.11. The van der Waals surface area contributed by atoms with Crippen molar-refractivity contribution in [3.8, 4) is 0 Å². The fraction of sp³-hybridized carbons (Fsp3) is 0.100. The maximum atomic E-state index is 13.2. The third-order valence-electron chi connectivity index (χ3n) is 1.88. The van der Waals surface area contributed by atoms with Crippen LogP contribution in [0.1, 0.15) is 16.1 Å². The summed E-state index contributed by atoms with van der Waals surface area (Å²) in [6.45, 7) is 1.71. The van der Waals surface area contributed by atoms with E-state index in [-0.39, 0.29) is 11.4 Å². The molecule has 0 saturated heterocycles. The van der Waals surface area contributed by atoms with Crippen LogP contribution in [0.25, 0.3) is 0 Å². The van der Waals surface area contributed by atoms with Crippen LogP contribution in [0.3, 0.4) is 0 Å². The summed E-state index contributed by atoms with van der Waals surface area (Å²) in [7, 11) is 0. The Labute approximate surface area is 90.3 Å². The fourth-order valence-electron chi connectivity index (χ4n) is 1.16. The second-order valence-corrected chi connectivity index (χ2v) is 3.14. The lowest BCUT2D eigenvalue weighted by atomic mass is 10.2. The molecule has 0 spiro atoms. The lowest BCUT2D eigenvalue weighted by Gasteiger charge is -2.01. The molecule has 0 aliphatic carbocycles. The van der Waals surface area contributed by atoms with E-state index in [0.29, 0.717) is 5.69 Å². The third-order valence-corrected chi connectivity index (χ3v) is 1.88. The van der Waals surface area contributed by atoms with Gasteiger partial charge in [0.05, 0.1) is 17.5 Å². The van der Waals surface area contributed by atoms with Crippen LogP contribution in [-0.2, 0) is 0 Å². The number of nitrogens with zero attached hydrogens (tertiary/aromatic N) is 2. The van der Waals surface area contributed by atoms with Gasteiger partial charge in [0, 0.05) is 12.3 Å². The molecule has 2 heterocycles. The molecular weight excluding hydrogens is 213 g/mol. The number of amides is 1. The molecule has 16 heavy (non-hydrogen) atoms. The predicted molar refractivity (Wildman–Crippen MR) is 53.4 cm³/mol. The Morgan fingerprint density at radius 2 is 2.38 bits per heavy atom. The van der Waals surface area contributed by atoms with E-state index in [1.54, 1.807) is 6.92 Å². The van der Waals surface area contributed by atoms with Crippen molar-refractivity contribution in [3.05, 3.63) is 41.6 Å². The van der Waals surface area contributed by atoms with Crippen LogP contribution in [0, 0.1) is 12.7 Å². The van der Waals surface area contributed by atoms with Crippen molar-refractivity contribution in [2.45, 2.75) is 6.92 Å². The summed E-state index contributed by atoms with van der Waals surface area (Å²) in [5, 5.41) is 5.97. The zero-order valence-electron chi connectivity index (χ0n) is 8.40. The Morgan fingerprint density at radius 3 is 3.00 bits per heavy atom. The van der Waals surface area contributed by atoms with Gasteiger partial charge in [0.25, 0.3) is 5.91 Å². The van der Waals surface area contributed by atoms with Crippen LogP contribution in [0.2, 0.25) is 0 Å². The topological polar surface area (TPSA) is 68.0 Å². The molecule has 2 aromatic rings. The maximum absolute atomic E-state index is 13.2. The molecule has 0 atom stereocenters. The molecule has 0 bridgehead atoms. The fourth-order valence-corrected chi connectivity index (χ4v) is 1.16. The highest BCUT2D eigenvalue weighted by Gasteiger charge is 2.13. The highest BCUT2D eigenvalue weighted by Crippen LogP contribution is 2.11. The first-order valence-corrected chi connectivity index (χ1v) is 4.51. The molecule has 0 fully saturated rings. The molecule has 0 radical (unpaired) electrons. The largest absolute Gasteiger partial charge is 0.338 e. The number of anilines is 1. The number of aryl methyl sites for hydroxylation is 1. The Kier molecular flexibility index (Phi) is 2.63. The van der Waals surface area contributed by atoms with Crippen LogP contribution in [0.4, 0.5) is 10.3 Å². The van der Waals surface area contributed by atoms with Crippen molar-refractivity contribution < 1.29 is 13.7 Å². The molecule has 2 aromatic heterocycles. The zero-order chi connectivity index (χ0) is 11.5. The molecule has 0 aliphatic heterocycles. The summed E-state index contributed by atoms with van der Waals surface area (Å²) in [5.41, 5.74) is 0.537. The van der Waals surface area contributed by atoms with Crippen molar-refractivity contribution >= 4 is 11.8 Å². The highest BCUT2D eigenvalue weighted by atomic mass is 19.1.